The van der Waals surface area contributed by atoms with Gasteiger partial charge in [0.1, 0.15) is 5.75 Å². The molecule has 0 amide bonds. The highest BCUT2D eigenvalue weighted by molar-refractivity contribution is 5.65. The van der Waals surface area contributed by atoms with E-state index >= 15 is 0 Å². The second-order valence-electron chi connectivity index (χ2n) is 9.80. The maximum atomic E-state index is 9.52. The maximum absolute atomic E-state index is 9.52. The molecule has 29 heavy (non-hydrogen) atoms. The van der Waals surface area contributed by atoms with Crippen molar-refractivity contribution >= 4 is 0 Å². The molecule has 2 fully saturated rings. The van der Waals surface area contributed by atoms with Crippen molar-refractivity contribution in [3.05, 3.63) is 53.6 Å². The van der Waals surface area contributed by atoms with Crippen LogP contribution in [0.2, 0.25) is 0 Å². The van der Waals surface area contributed by atoms with Gasteiger partial charge in [0.25, 0.3) is 0 Å². The molecule has 2 saturated carbocycles. The summed E-state index contributed by atoms with van der Waals surface area (Å²) in [5, 5.41) is 9.52. The Kier molecular flexibility index (Phi) is 6.63. The summed E-state index contributed by atoms with van der Waals surface area (Å²) in [4.78, 5) is 0. The SMILES string of the molecule is CCCC1CCC(C2CCC(c3ccc(-c4ccc(O)cc4)cc3C)CC2)CC1. The van der Waals surface area contributed by atoms with Gasteiger partial charge in [-0.3, -0.25) is 0 Å². The molecular weight excluding hydrogens is 352 g/mol. The lowest BCUT2D eigenvalue weighted by molar-refractivity contribution is 0.156. The zero-order valence-corrected chi connectivity index (χ0v) is 18.4. The van der Waals surface area contributed by atoms with Crippen LogP contribution in [0.15, 0.2) is 42.5 Å². The third-order valence-corrected chi connectivity index (χ3v) is 7.94. The summed E-state index contributed by atoms with van der Waals surface area (Å²) in [5.74, 6) is 4.11. The van der Waals surface area contributed by atoms with E-state index in [-0.39, 0.29) is 0 Å². The number of aryl methyl sites for hydroxylation is 1. The monoisotopic (exact) mass is 390 g/mol. The van der Waals surface area contributed by atoms with Gasteiger partial charge >= 0.3 is 0 Å². The van der Waals surface area contributed by atoms with E-state index in [4.69, 9.17) is 0 Å². The highest BCUT2D eigenvalue weighted by atomic mass is 16.3. The van der Waals surface area contributed by atoms with Crippen molar-refractivity contribution < 1.29 is 5.11 Å². The number of rotatable bonds is 5. The van der Waals surface area contributed by atoms with Crippen molar-refractivity contribution in [2.75, 3.05) is 0 Å². The first-order chi connectivity index (χ1) is 14.1. The number of hydrogen-bond acceptors (Lipinski definition) is 1. The van der Waals surface area contributed by atoms with Crippen molar-refractivity contribution in [1.29, 1.82) is 0 Å². The molecule has 2 aromatic rings. The summed E-state index contributed by atoms with van der Waals surface area (Å²) in [7, 11) is 0. The van der Waals surface area contributed by atoms with E-state index in [1.807, 2.05) is 12.1 Å². The largest absolute Gasteiger partial charge is 0.508 e. The van der Waals surface area contributed by atoms with Crippen LogP contribution in [0, 0.1) is 24.7 Å². The van der Waals surface area contributed by atoms with Crippen LogP contribution in [0.3, 0.4) is 0 Å². The van der Waals surface area contributed by atoms with Gasteiger partial charge in [-0.1, -0.05) is 62.9 Å². The fourth-order valence-corrected chi connectivity index (χ4v) is 6.23. The van der Waals surface area contributed by atoms with Gasteiger partial charge in [-0.15, -0.1) is 0 Å². The summed E-state index contributed by atoms with van der Waals surface area (Å²) in [5.41, 5.74) is 5.43. The number of phenolic OH excluding ortho intramolecular Hbond substituents is 1. The molecule has 0 atom stereocenters. The molecule has 1 N–H and O–H groups in total. The van der Waals surface area contributed by atoms with E-state index in [9.17, 15) is 5.11 Å². The molecule has 0 saturated heterocycles. The van der Waals surface area contributed by atoms with E-state index in [0.717, 1.165) is 23.7 Å². The molecule has 2 aromatic carbocycles. The maximum Gasteiger partial charge on any atom is 0.115 e. The highest BCUT2D eigenvalue weighted by Gasteiger charge is 2.31. The summed E-state index contributed by atoms with van der Waals surface area (Å²) in [6.07, 6.45) is 14.4. The molecular formula is C28H38O. The average molecular weight is 391 g/mol. The van der Waals surface area contributed by atoms with Crippen LogP contribution in [0.1, 0.15) is 88.2 Å². The lowest BCUT2D eigenvalue weighted by atomic mass is 9.67. The summed E-state index contributed by atoms with van der Waals surface area (Å²) in [6, 6.07) is 14.5. The first-order valence-corrected chi connectivity index (χ1v) is 12.0. The lowest BCUT2D eigenvalue weighted by Crippen LogP contribution is -2.25. The lowest BCUT2D eigenvalue weighted by Gasteiger charge is -2.38. The minimum atomic E-state index is 0.331. The summed E-state index contributed by atoms with van der Waals surface area (Å²) in [6.45, 7) is 4.62. The topological polar surface area (TPSA) is 20.2 Å². The summed E-state index contributed by atoms with van der Waals surface area (Å²) >= 11 is 0. The van der Waals surface area contributed by atoms with Crippen LogP contribution in [0.5, 0.6) is 5.75 Å². The van der Waals surface area contributed by atoms with Gasteiger partial charge < -0.3 is 5.11 Å². The fraction of sp³-hybridized carbons (Fsp3) is 0.571. The minimum absolute atomic E-state index is 0.331. The standard InChI is InChI=1S/C28H38O/c1-3-4-21-5-7-22(8-6-21)23-9-11-25(12-10-23)28-18-15-26(19-20(28)2)24-13-16-27(29)17-14-24/h13-19,21-23,25,29H,3-12H2,1-2H3. The van der Waals surface area contributed by atoms with Crippen molar-refractivity contribution in [3.63, 3.8) is 0 Å². The van der Waals surface area contributed by atoms with Crippen molar-refractivity contribution in [2.24, 2.45) is 17.8 Å². The molecule has 156 valence electrons. The average Bonchev–Trinajstić information content (AvgIpc) is 2.75. The van der Waals surface area contributed by atoms with Crippen molar-refractivity contribution in [2.45, 2.75) is 84.0 Å². The number of benzene rings is 2. The zero-order valence-electron chi connectivity index (χ0n) is 18.4. The molecule has 0 unspecified atom stereocenters. The Hall–Kier alpha value is -1.76. The van der Waals surface area contributed by atoms with Crippen molar-refractivity contribution in [1.82, 2.24) is 0 Å². The van der Waals surface area contributed by atoms with Crippen LogP contribution in [0.25, 0.3) is 11.1 Å². The Morgan fingerprint density at radius 3 is 1.93 bits per heavy atom. The van der Waals surface area contributed by atoms with Gasteiger partial charge in [0, 0.05) is 0 Å². The smallest absolute Gasteiger partial charge is 0.115 e. The zero-order chi connectivity index (χ0) is 20.2. The van der Waals surface area contributed by atoms with Crippen LogP contribution in [-0.2, 0) is 0 Å². The predicted molar refractivity (Wildman–Crippen MR) is 123 cm³/mol. The Morgan fingerprint density at radius 1 is 0.759 bits per heavy atom. The predicted octanol–water partition coefficient (Wildman–Crippen LogP) is 8.25. The molecule has 2 aliphatic carbocycles. The number of hydrogen-bond donors (Lipinski definition) is 1. The Labute approximate surface area is 177 Å². The molecule has 2 aliphatic rings. The van der Waals surface area contributed by atoms with Gasteiger partial charge in [-0.25, -0.2) is 0 Å². The molecule has 1 nitrogen and oxygen atoms in total. The normalized spacial score (nSPS) is 27.7. The summed E-state index contributed by atoms with van der Waals surface area (Å²) < 4.78 is 0. The Balaban J connectivity index is 1.34. The van der Waals surface area contributed by atoms with Gasteiger partial charge in [-0.05, 0) is 104 Å². The minimum Gasteiger partial charge on any atom is -0.508 e. The van der Waals surface area contributed by atoms with E-state index in [2.05, 4.69) is 32.0 Å². The highest BCUT2D eigenvalue weighted by Crippen LogP contribution is 2.45. The third-order valence-electron chi connectivity index (χ3n) is 7.94. The quantitative estimate of drug-likeness (QED) is 0.545. The second kappa shape index (κ2) is 9.37. The van der Waals surface area contributed by atoms with Gasteiger partial charge in [0.05, 0.1) is 0 Å². The van der Waals surface area contributed by atoms with E-state index < -0.39 is 0 Å². The molecule has 0 aromatic heterocycles. The third kappa shape index (κ3) is 4.87. The van der Waals surface area contributed by atoms with Gasteiger partial charge in [0.2, 0.25) is 0 Å². The molecule has 0 aliphatic heterocycles. The molecule has 4 rings (SSSR count). The second-order valence-corrected chi connectivity index (χ2v) is 9.80. The van der Waals surface area contributed by atoms with E-state index in [1.165, 1.54) is 80.9 Å². The van der Waals surface area contributed by atoms with Gasteiger partial charge in [-0.2, -0.15) is 0 Å². The number of aromatic hydroxyl groups is 1. The van der Waals surface area contributed by atoms with Crippen molar-refractivity contribution in [3.8, 4) is 16.9 Å². The molecule has 0 heterocycles. The molecule has 0 spiro atoms. The Bertz CT molecular complexity index is 774. The first kappa shape index (κ1) is 20.5. The van der Waals surface area contributed by atoms with Gasteiger partial charge in [0.15, 0.2) is 0 Å². The van der Waals surface area contributed by atoms with Crippen LogP contribution < -0.4 is 0 Å². The first-order valence-electron chi connectivity index (χ1n) is 12.0. The molecule has 1 heteroatoms. The van der Waals surface area contributed by atoms with Crippen LogP contribution >= 0.6 is 0 Å². The fourth-order valence-electron chi connectivity index (χ4n) is 6.23. The molecule has 0 bridgehead atoms. The van der Waals surface area contributed by atoms with E-state index in [1.54, 1.807) is 17.7 Å². The molecule has 0 radical (unpaired) electrons. The van der Waals surface area contributed by atoms with Crippen LogP contribution in [-0.4, -0.2) is 5.11 Å². The Morgan fingerprint density at radius 2 is 1.34 bits per heavy atom. The van der Waals surface area contributed by atoms with E-state index in [0.29, 0.717) is 5.75 Å². The number of phenols is 1. The van der Waals surface area contributed by atoms with Crippen LogP contribution in [0.4, 0.5) is 0 Å².